The van der Waals surface area contributed by atoms with E-state index >= 15 is 0 Å². The molecule has 0 aliphatic heterocycles. The van der Waals surface area contributed by atoms with Gasteiger partial charge in [-0.15, -0.1) is 0 Å². The molecule has 0 saturated heterocycles. The molecule has 140 valence electrons. The van der Waals surface area contributed by atoms with Gasteiger partial charge in [0.15, 0.2) is 0 Å². The second-order valence-corrected chi connectivity index (χ2v) is 6.81. The normalized spacial score (nSPS) is 13.1. The molecule has 3 rings (SSSR count). The standard InChI is InChI=1S/C21H21ClN2O3/c1-14(20(25)9-4-15-3-2-10-23-12-15)27-18-7-5-16(6-8-18)19-11-17(22)13-24-21(19)26/h2-3,5-8,10-14,20,25H,4,9H2,1H3,(H,24,26). The Hall–Kier alpha value is -2.63. The van der Waals surface area contributed by atoms with Crippen LogP contribution in [0.4, 0.5) is 0 Å². The lowest BCUT2D eigenvalue weighted by Crippen LogP contribution is -2.29. The van der Waals surface area contributed by atoms with Gasteiger partial charge < -0.3 is 14.8 Å². The minimum atomic E-state index is -0.597. The second-order valence-electron chi connectivity index (χ2n) is 6.38. The summed E-state index contributed by atoms with van der Waals surface area (Å²) in [6.07, 6.45) is 5.35. The van der Waals surface area contributed by atoms with E-state index in [0.717, 1.165) is 17.5 Å². The molecule has 0 aliphatic rings. The Morgan fingerprint density at radius 3 is 2.74 bits per heavy atom. The summed E-state index contributed by atoms with van der Waals surface area (Å²) in [6.45, 7) is 1.84. The van der Waals surface area contributed by atoms with Crippen molar-refractivity contribution in [3.8, 4) is 16.9 Å². The largest absolute Gasteiger partial charge is 0.488 e. The van der Waals surface area contributed by atoms with E-state index in [2.05, 4.69) is 9.97 Å². The molecule has 6 heteroatoms. The number of nitrogens with one attached hydrogen (secondary N) is 1. The van der Waals surface area contributed by atoms with E-state index in [1.54, 1.807) is 42.7 Å². The van der Waals surface area contributed by atoms with Crippen LogP contribution in [-0.2, 0) is 6.42 Å². The number of halogens is 1. The first-order chi connectivity index (χ1) is 13.0. The minimum Gasteiger partial charge on any atom is -0.488 e. The van der Waals surface area contributed by atoms with Gasteiger partial charge in [0, 0.05) is 24.2 Å². The summed E-state index contributed by atoms with van der Waals surface area (Å²) in [6, 6.07) is 12.6. The number of hydrogen-bond donors (Lipinski definition) is 2. The average Bonchev–Trinajstić information content (AvgIpc) is 2.69. The number of H-pyrrole nitrogens is 1. The number of aryl methyl sites for hydroxylation is 1. The highest BCUT2D eigenvalue weighted by atomic mass is 35.5. The third kappa shape index (κ3) is 5.18. The predicted molar refractivity (Wildman–Crippen MR) is 106 cm³/mol. The van der Waals surface area contributed by atoms with Crippen LogP contribution >= 0.6 is 11.6 Å². The molecule has 2 heterocycles. The maximum atomic E-state index is 11.9. The number of aliphatic hydroxyl groups is 1. The third-order valence-electron chi connectivity index (χ3n) is 4.35. The molecule has 0 amide bonds. The van der Waals surface area contributed by atoms with Gasteiger partial charge in [-0.3, -0.25) is 9.78 Å². The summed E-state index contributed by atoms with van der Waals surface area (Å²) in [7, 11) is 0. The van der Waals surface area contributed by atoms with Gasteiger partial charge in [0.1, 0.15) is 11.9 Å². The number of ether oxygens (including phenoxy) is 1. The molecule has 2 N–H and O–H groups in total. The van der Waals surface area contributed by atoms with Crippen LogP contribution < -0.4 is 10.3 Å². The molecule has 0 aliphatic carbocycles. The Kier molecular flexibility index (Phi) is 6.27. The lowest BCUT2D eigenvalue weighted by atomic mass is 10.1. The Balaban J connectivity index is 1.60. The van der Waals surface area contributed by atoms with Crippen molar-refractivity contribution in [3.05, 3.63) is 82.0 Å². The van der Waals surface area contributed by atoms with Crippen molar-refractivity contribution < 1.29 is 9.84 Å². The summed E-state index contributed by atoms with van der Waals surface area (Å²) in [5, 5.41) is 10.8. The van der Waals surface area contributed by atoms with Crippen molar-refractivity contribution in [3.63, 3.8) is 0 Å². The van der Waals surface area contributed by atoms with Crippen LogP contribution in [-0.4, -0.2) is 27.3 Å². The number of hydrogen-bond acceptors (Lipinski definition) is 4. The molecule has 27 heavy (non-hydrogen) atoms. The lowest BCUT2D eigenvalue weighted by molar-refractivity contribution is 0.0420. The monoisotopic (exact) mass is 384 g/mol. The topological polar surface area (TPSA) is 75.2 Å². The number of aromatic amines is 1. The van der Waals surface area contributed by atoms with E-state index in [4.69, 9.17) is 16.3 Å². The number of benzene rings is 1. The highest BCUT2D eigenvalue weighted by molar-refractivity contribution is 6.30. The van der Waals surface area contributed by atoms with Gasteiger partial charge in [0.25, 0.3) is 5.56 Å². The van der Waals surface area contributed by atoms with Gasteiger partial charge in [-0.25, -0.2) is 0 Å². The van der Waals surface area contributed by atoms with E-state index in [1.807, 2.05) is 19.1 Å². The zero-order chi connectivity index (χ0) is 19.2. The van der Waals surface area contributed by atoms with Crippen LogP contribution in [0.1, 0.15) is 18.9 Å². The maximum absolute atomic E-state index is 11.9. The van der Waals surface area contributed by atoms with Crippen molar-refractivity contribution in [2.75, 3.05) is 0 Å². The van der Waals surface area contributed by atoms with Crippen LogP contribution in [0, 0.1) is 0 Å². The number of rotatable bonds is 7. The van der Waals surface area contributed by atoms with Gasteiger partial charge >= 0.3 is 0 Å². The third-order valence-corrected chi connectivity index (χ3v) is 4.57. The van der Waals surface area contributed by atoms with Crippen molar-refractivity contribution >= 4 is 11.6 Å². The van der Waals surface area contributed by atoms with Gasteiger partial charge in [0.05, 0.1) is 11.1 Å². The van der Waals surface area contributed by atoms with E-state index in [-0.39, 0.29) is 11.7 Å². The van der Waals surface area contributed by atoms with Crippen LogP contribution in [0.3, 0.4) is 0 Å². The molecule has 5 nitrogen and oxygen atoms in total. The highest BCUT2D eigenvalue weighted by Crippen LogP contribution is 2.23. The zero-order valence-electron chi connectivity index (χ0n) is 14.9. The van der Waals surface area contributed by atoms with Gasteiger partial charge in [-0.1, -0.05) is 29.8 Å². The first-order valence-electron chi connectivity index (χ1n) is 8.75. The fourth-order valence-electron chi connectivity index (χ4n) is 2.77. The quantitative estimate of drug-likeness (QED) is 0.648. The van der Waals surface area contributed by atoms with Crippen LogP contribution in [0.25, 0.3) is 11.1 Å². The maximum Gasteiger partial charge on any atom is 0.255 e. The molecule has 2 unspecified atom stereocenters. The highest BCUT2D eigenvalue weighted by Gasteiger charge is 2.16. The van der Waals surface area contributed by atoms with Gasteiger partial charge in [-0.2, -0.15) is 0 Å². The first kappa shape index (κ1) is 19.1. The number of aliphatic hydroxyl groups excluding tert-OH is 1. The molecule has 3 aromatic rings. The molecular weight excluding hydrogens is 364 g/mol. The van der Waals surface area contributed by atoms with E-state index < -0.39 is 6.10 Å². The molecule has 0 bridgehead atoms. The molecule has 0 saturated carbocycles. The van der Waals surface area contributed by atoms with Crippen molar-refractivity contribution in [1.29, 1.82) is 0 Å². The molecule has 0 radical (unpaired) electrons. The fraction of sp³-hybridized carbons (Fsp3) is 0.238. The van der Waals surface area contributed by atoms with E-state index in [1.165, 1.54) is 6.20 Å². The number of aromatic nitrogens is 2. The Morgan fingerprint density at radius 1 is 1.26 bits per heavy atom. The smallest absolute Gasteiger partial charge is 0.255 e. The van der Waals surface area contributed by atoms with Crippen molar-refractivity contribution in [2.24, 2.45) is 0 Å². The predicted octanol–water partition coefficient (Wildman–Crippen LogP) is 3.85. The summed E-state index contributed by atoms with van der Waals surface area (Å²) in [5.74, 6) is 0.630. The lowest BCUT2D eigenvalue weighted by Gasteiger charge is -2.20. The number of pyridine rings is 2. The van der Waals surface area contributed by atoms with E-state index in [9.17, 15) is 9.90 Å². The molecular formula is C21H21ClN2O3. The van der Waals surface area contributed by atoms with E-state index in [0.29, 0.717) is 22.8 Å². The molecule has 0 spiro atoms. The fourth-order valence-corrected chi connectivity index (χ4v) is 2.94. The molecule has 1 aromatic carbocycles. The Bertz CT molecular complexity index is 926. The van der Waals surface area contributed by atoms with Gasteiger partial charge in [-0.05, 0) is 55.2 Å². The zero-order valence-corrected chi connectivity index (χ0v) is 15.7. The van der Waals surface area contributed by atoms with Crippen LogP contribution in [0.15, 0.2) is 65.8 Å². The molecule has 2 aromatic heterocycles. The molecule has 2 atom stereocenters. The molecule has 0 fully saturated rings. The average molecular weight is 385 g/mol. The Labute approximate surface area is 162 Å². The second kappa shape index (κ2) is 8.84. The summed E-state index contributed by atoms with van der Waals surface area (Å²) in [4.78, 5) is 18.6. The summed E-state index contributed by atoms with van der Waals surface area (Å²) in [5.41, 5.74) is 2.13. The minimum absolute atomic E-state index is 0.202. The van der Waals surface area contributed by atoms with Crippen molar-refractivity contribution in [1.82, 2.24) is 9.97 Å². The van der Waals surface area contributed by atoms with Crippen molar-refractivity contribution in [2.45, 2.75) is 32.0 Å². The van der Waals surface area contributed by atoms with Crippen LogP contribution in [0.5, 0.6) is 5.75 Å². The van der Waals surface area contributed by atoms with Crippen LogP contribution in [0.2, 0.25) is 5.02 Å². The van der Waals surface area contributed by atoms with Gasteiger partial charge in [0.2, 0.25) is 0 Å². The first-order valence-corrected chi connectivity index (χ1v) is 9.13. The summed E-state index contributed by atoms with van der Waals surface area (Å²) < 4.78 is 5.83. The summed E-state index contributed by atoms with van der Waals surface area (Å²) >= 11 is 5.95. The Morgan fingerprint density at radius 2 is 2.04 bits per heavy atom. The SMILES string of the molecule is CC(Oc1ccc(-c2cc(Cl)c[nH]c2=O)cc1)C(O)CCc1cccnc1. The number of nitrogens with zero attached hydrogens (tertiary/aromatic N) is 1.